The molecule has 2 amide bonds. The third kappa shape index (κ3) is 4.57. The van der Waals surface area contributed by atoms with Crippen molar-refractivity contribution < 1.29 is 13.6 Å². The number of carbonyl (C=O) groups excluding carboxylic acids is 1. The Labute approximate surface area is 152 Å². The first kappa shape index (κ1) is 18.3. The Morgan fingerprint density at radius 1 is 1.31 bits per heavy atom. The van der Waals surface area contributed by atoms with E-state index >= 15 is 0 Å². The monoisotopic (exact) mass is 361 g/mol. The van der Waals surface area contributed by atoms with Crippen molar-refractivity contribution in [2.45, 2.75) is 32.4 Å². The molecule has 26 heavy (non-hydrogen) atoms. The zero-order valence-corrected chi connectivity index (χ0v) is 15.1. The van der Waals surface area contributed by atoms with Crippen molar-refractivity contribution in [2.24, 2.45) is 0 Å². The van der Waals surface area contributed by atoms with Crippen LogP contribution in [0.25, 0.3) is 0 Å². The molecule has 1 aromatic heterocycles. The first-order valence-electron chi connectivity index (χ1n) is 8.80. The van der Waals surface area contributed by atoms with Crippen LogP contribution in [0.2, 0.25) is 0 Å². The summed E-state index contributed by atoms with van der Waals surface area (Å²) in [6.45, 7) is 4.37. The van der Waals surface area contributed by atoms with Gasteiger partial charge in [-0.15, -0.1) is 10.2 Å². The predicted molar refractivity (Wildman–Crippen MR) is 93.8 cm³/mol. The van der Waals surface area contributed by atoms with Gasteiger partial charge >= 0.3 is 6.03 Å². The Balaban J connectivity index is 1.61. The lowest BCUT2D eigenvalue weighted by molar-refractivity contribution is 0.191. The SMILES string of the molecule is Cc1nnc(CN(C)C(=O)NC[C@H](c2ccc(F)cc2)N2CCCC2)o1. The van der Waals surface area contributed by atoms with Crippen LogP contribution < -0.4 is 5.32 Å². The highest BCUT2D eigenvalue weighted by atomic mass is 19.1. The number of nitrogens with zero attached hydrogens (tertiary/aromatic N) is 4. The smallest absolute Gasteiger partial charge is 0.317 e. The number of halogens is 1. The van der Waals surface area contributed by atoms with Crippen LogP contribution in [0.4, 0.5) is 9.18 Å². The molecule has 0 spiro atoms. The summed E-state index contributed by atoms with van der Waals surface area (Å²) in [5.41, 5.74) is 1.00. The van der Waals surface area contributed by atoms with Gasteiger partial charge in [-0.2, -0.15) is 0 Å². The van der Waals surface area contributed by atoms with Crippen molar-refractivity contribution >= 4 is 6.03 Å². The Hall–Kier alpha value is -2.48. The second-order valence-corrected chi connectivity index (χ2v) is 6.57. The minimum atomic E-state index is -0.257. The molecule has 3 rings (SSSR count). The molecule has 8 heteroatoms. The van der Waals surface area contributed by atoms with E-state index in [1.165, 1.54) is 17.0 Å². The molecule has 0 radical (unpaired) electrons. The van der Waals surface area contributed by atoms with Crippen LogP contribution in [-0.2, 0) is 6.54 Å². The standard InChI is InChI=1S/C18H24FN5O2/c1-13-21-22-17(26-13)12-23(2)18(25)20-11-16(24-9-3-4-10-24)14-5-7-15(19)8-6-14/h5-8,16H,3-4,9-12H2,1-2H3,(H,20,25)/t16-/m1/s1. The maximum absolute atomic E-state index is 13.2. The third-order valence-electron chi connectivity index (χ3n) is 4.57. The minimum Gasteiger partial charge on any atom is -0.424 e. The van der Waals surface area contributed by atoms with E-state index in [0.717, 1.165) is 31.5 Å². The summed E-state index contributed by atoms with van der Waals surface area (Å²) in [6, 6.07) is 6.31. The van der Waals surface area contributed by atoms with Gasteiger partial charge in [0.2, 0.25) is 11.8 Å². The molecule has 140 valence electrons. The maximum atomic E-state index is 13.2. The average molecular weight is 361 g/mol. The van der Waals surface area contributed by atoms with Crippen LogP contribution in [0.1, 0.15) is 36.2 Å². The van der Waals surface area contributed by atoms with Crippen LogP contribution in [0, 0.1) is 12.7 Å². The van der Waals surface area contributed by atoms with Crippen LogP contribution >= 0.6 is 0 Å². The molecule has 1 aromatic carbocycles. The highest BCUT2D eigenvalue weighted by Crippen LogP contribution is 2.24. The largest absolute Gasteiger partial charge is 0.424 e. The molecule has 0 saturated carbocycles. The summed E-state index contributed by atoms with van der Waals surface area (Å²) in [4.78, 5) is 16.2. The maximum Gasteiger partial charge on any atom is 0.317 e. The Kier molecular flexibility index (Phi) is 5.82. The lowest BCUT2D eigenvalue weighted by Crippen LogP contribution is -2.42. The van der Waals surface area contributed by atoms with Crippen molar-refractivity contribution in [3.8, 4) is 0 Å². The lowest BCUT2D eigenvalue weighted by Gasteiger charge is -2.29. The molecule has 1 aliphatic heterocycles. The molecule has 1 aliphatic rings. The first-order valence-corrected chi connectivity index (χ1v) is 8.80. The molecule has 7 nitrogen and oxygen atoms in total. The second kappa shape index (κ2) is 8.27. The number of hydrogen-bond acceptors (Lipinski definition) is 5. The average Bonchev–Trinajstić information content (AvgIpc) is 3.28. The van der Waals surface area contributed by atoms with E-state index in [2.05, 4.69) is 20.4 Å². The number of carbonyl (C=O) groups is 1. The molecule has 0 bridgehead atoms. The molecular weight excluding hydrogens is 337 g/mol. The van der Waals surface area contributed by atoms with E-state index in [1.54, 1.807) is 26.1 Å². The first-order chi connectivity index (χ1) is 12.5. The van der Waals surface area contributed by atoms with Crippen molar-refractivity contribution in [3.63, 3.8) is 0 Å². The van der Waals surface area contributed by atoms with E-state index in [9.17, 15) is 9.18 Å². The van der Waals surface area contributed by atoms with Gasteiger partial charge in [-0.05, 0) is 43.6 Å². The Bertz CT molecular complexity index is 727. The number of amides is 2. The minimum absolute atomic E-state index is 0.0288. The van der Waals surface area contributed by atoms with Crippen LogP contribution in [-0.4, -0.2) is 52.7 Å². The number of benzene rings is 1. The molecule has 2 heterocycles. The number of likely N-dealkylation sites (tertiary alicyclic amines) is 1. The molecular formula is C18H24FN5O2. The molecule has 2 aromatic rings. The normalized spacial score (nSPS) is 15.8. The lowest BCUT2D eigenvalue weighted by atomic mass is 10.1. The summed E-state index contributed by atoms with van der Waals surface area (Å²) in [5.74, 6) is 0.613. The molecule has 0 unspecified atom stereocenters. The number of nitrogens with one attached hydrogen (secondary N) is 1. The zero-order chi connectivity index (χ0) is 18.5. The summed E-state index contributed by atoms with van der Waals surface area (Å²) in [6.07, 6.45) is 2.28. The third-order valence-corrected chi connectivity index (χ3v) is 4.57. The fraction of sp³-hybridized carbons (Fsp3) is 0.500. The van der Waals surface area contributed by atoms with E-state index in [4.69, 9.17) is 4.42 Å². The summed E-state index contributed by atoms with van der Waals surface area (Å²) >= 11 is 0. The molecule has 1 atom stereocenters. The van der Waals surface area contributed by atoms with Gasteiger partial charge in [0.1, 0.15) is 12.4 Å². The number of rotatable bonds is 6. The van der Waals surface area contributed by atoms with E-state index in [-0.39, 0.29) is 24.4 Å². The highest BCUT2D eigenvalue weighted by molar-refractivity contribution is 5.73. The predicted octanol–water partition coefficient (Wildman–Crippen LogP) is 2.50. The van der Waals surface area contributed by atoms with Crippen molar-refractivity contribution in [1.82, 2.24) is 25.3 Å². The van der Waals surface area contributed by atoms with Crippen molar-refractivity contribution in [2.75, 3.05) is 26.7 Å². The van der Waals surface area contributed by atoms with Crippen molar-refractivity contribution in [1.29, 1.82) is 0 Å². The summed E-state index contributed by atoms with van der Waals surface area (Å²) in [7, 11) is 1.68. The zero-order valence-electron chi connectivity index (χ0n) is 15.1. The summed E-state index contributed by atoms with van der Waals surface area (Å²) < 4.78 is 18.6. The van der Waals surface area contributed by atoms with Gasteiger partial charge in [0.05, 0.1) is 6.04 Å². The van der Waals surface area contributed by atoms with Gasteiger partial charge in [-0.1, -0.05) is 12.1 Å². The van der Waals surface area contributed by atoms with Gasteiger partial charge in [-0.3, -0.25) is 4.90 Å². The fourth-order valence-electron chi connectivity index (χ4n) is 3.19. The topological polar surface area (TPSA) is 74.5 Å². The van der Waals surface area contributed by atoms with Crippen LogP contribution in [0.3, 0.4) is 0 Å². The molecule has 0 aliphatic carbocycles. The molecule has 1 fully saturated rings. The van der Waals surface area contributed by atoms with E-state index < -0.39 is 0 Å². The number of urea groups is 1. The van der Waals surface area contributed by atoms with Crippen LogP contribution in [0.15, 0.2) is 28.7 Å². The van der Waals surface area contributed by atoms with Crippen LogP contribution in [0.5, 0.6) is 0 Å². The number of aryl methyl sites for hydroxylation is 1. The Morgan fingerprint density at radius 3 is 2.62 bits per heavy atom. The molecule has 1 N–H and O–H groups in total. The quantitative estimate of drug-likeness (QED) is 0.856. The Morgan fingerprint density at radius 2 is 2.00 bits per heavy atom. The van der Waals surface area contributed by atoms with Gasteiger partial charge in [0.15, 0.2) is 0 Å². The van der Waals surface area contributed by atoms with E-state index in [1.807, 2.05) is 0 Å². The number of aromatic nitrogens is 2. The van der Waals surface area contributed by atoms with E-state index in [0.29, 0.717) is 18.3 Å². The van der Waals surface area contributed by atoms with Gasteiger partial charge in [0.25, 0.3) is 0 Å². The van der Waals surface area contributed by atoms with Gasteiger partial charge in [-0.25, -0.2) is 9.18 Å². The number of hydrogen-bond donors (Lipinski definition) is 1. The molecule has 1 saturated heterocycles. The van der Waals surface area contributed by atoms with Crippen molar-refractivity contribution in [3.05, 3.63) is 47.4 Å². The second-order valence-electron chi connectivity index (χ2n) is 6.57. The van der Waals surface area contributed by atoms with Gasteiger partial charge < -0.3 is 14.6 Å². The summed E-state index contributed by atoms with van der Waals surface area (Å²) in [5, 5.41) is 10.6. The highest BCUT2D eigenvalue weighted by Gasteiger charge is 2.24. The fourth-order valence-corrected chi connectivity index (χ4v) is 3.19. The van der Waals surface area contributed by atoms with Gasteiger partial charge in [0, 0.05) is 20.5 Å².